The lowest BCUT2D eigenvalue weighted by molar-refractivity contribution is 0.0679. The van der Waals surface area contributed by atoms with Crippen LogP contribution < -0.4 is 10.1 Å². The average Bonchev–Trinajstić information content (AvgIpc) is 3.26. The Morgan fingerprint density at radius 2 is 2.07 bits per heavy atom. The summed E-state index contributed by atoms with van der Waals surface area (Å²) >= 11 is 0. The summed E-state index contributed by atoms with van der Waals surface area (Å²) in [5.74, 6) is 1.19. The van der Waals surface area contributed by atoms with Gasteiger partial charge in [0.05, 0.1) is 12.1 Å². The van der Waals surface area contributed by atoms with Crippen molar-refractivity contribution in [3.05, 3.63) is 54.1 Å². The lowest BCUT2D eigenvalue weighted by atomic mass is 10.1. The summed E-state index contributed by atoms with van der Waals surface area (Å²) in [6.45, 7) is 1.30. The molecule has 8 heteroatoms. The number of carbonyl (C=O) groups is 1. The number of ether oxygens (including phenoxy) is 2. The van der Waals surface area contributed by atoms with Crippen molar-refractivity contribution in [2.24, 2.45) is 0 Å². The lowest BCUT2D eigenvalue weighted by Crippen LogP contribution is -2.17. The third-order valence-electron chi connectivity index (χ3n) is 5.32. The van der Waals surface area contributed by atoms with Gasteiger partial charge in [0.25, 0.3) is 5.91 Å². The van der Waals surface area contributed by atoms with Crippen molar-refractivity contribution in [3.8, 4) is 17.1 Å². The molecule has 1 aromatic heterocycles. The molecule has 8 nitrogen and oxygen atoms in total. The van der Waals surface area contributed by atoms with Crippen LogP contribution in [0.15, 0.2) is 48.5 Å². The number of nitrogens with zero attached hydrogens (tertiary/aromatic N) is 4. The van der Waals surface area contributed by atoms with Crippen LogP contribution in [0.3, 0.4) is 0 Å². The molecule has 5 rings (SSSR count). The van der Waals surface area contributed by atoms with E-state index in [1.807, 2.05) is 41.1 Å². The predicted octanol–water partition coefficient (Wildman–Crippen LogP) is 3.49. The van der Waals surface area contributed by atoms with Gasteiger partial charge in [-0.15, -0.1) is 5.10 Å². The number of carbonyl (C=O) groups excluding carboxylic acids is 1. The highest BCUT2D eigenvalue weighted by atomic mass is 16.5. The number of amides is 1. The van der Waals surface area contributed by atoms with Crippen molar-refractivity contribution in [3.63, 3.8) is 0 Å². The molecule has 1 amide bonds. The van der Waals surface area contributed by atoms with Gasteiger partial charge in [-0.3, -0.25) is 4.79 Å². The Morgan fingerprint density at radius 1 is 1.17 bits per heavy atom. The molecule has 0 radical (unpaired) electrons. The maximum absolute atomic E-state index is 12.8. The molecule has 1 aliphatic heterocycles. The quantitative estimate of drug-likeness (QED) is 0.647. The maximum atomic E-state index is 12.8. The molecule has 2 heterocycles. The Hall–Kier alpha value is -3.26. The van der Waals surface area contributed by atoms with Crippen molar-refractivity contribution < 1.29 is 14.3 Å². The number of rotatable bonds is 7. The fraction of sp³-hybridized carbons (Fsp3) is 0.364. The normalized spacial score (nSPS) is 18.3. The van der Waals surface area contributed by atoms with Crippen LogP contribution in [-0.2, 0) is 4.74 Å². The number of benzene rings is 2. The van der Waals surface area contributed by atoms with E-state index in [2.05, 4.69) is 20.8 Å². The van der Waals surface area contributed by atoms with Crippen molar-refractivity contribution in [2.45, 2.75) is 37.8 Å². The van der Waals surface area contributed by atoms with Crippen molar-refractivity contribution >= 4 is 11.6 Å². The van der Waals surface area contributed by atoms with E-state index in [0.717, 1.165) is 43.7 Å². The number of anilines is 1. The smallest absolute Gasteiger partial charge is 0.255 e. The van der Waals surface area contributed by atoms with E-state index in [-0.39, 0.29) is 12.0 Å². The van der Waals surface area contributed by atoms with Gasteiger partial charge in [-0.25, -0.2) is 4.68 Å². The molecule has 2 fully saturated rings. The van der Waals surface area contributed by atoms with Crippen LogP contribution in [0, 0.1) is 0 Å². The van der Waals surface area contributed by atoms with Crippen LogP contribution in [0.1, 0.15) is 42.1 Å². The molecule has 1 saturated heterocycles. The molecule has 0 bridgehead atoms. The molecular weight excluding hydrogens is 382 g/mol. The minimum absolute atomic E-state index is 0.136. The third kappa shape index (κ3) is 4.18. The highest BCUT2D eigenvalue weighted by molar-refractivity contribution is 6.04. The fourth-order valence-electron chi connectivity index (χ4n) is 3.58. The minimum atomic E-state index is -0.198. The van der Waals surface area contributed by atoms with Crippen molar-refractivity contribution in [1.82, 2.24) is 20.2 Å². The first kappa shape index (κ1) is 18.7. The van der Waals surface area contributed by atoms with Crippen LogP contribution in [0.5, 0.6) is 5.75 Å². The van der Waals surface area contributed by atoms with Gasteiger partial charge in [0.1, 0.15) is 12.4 Å². The van der Waals surface area contributed by atoms with Gasteiger partial charge in [0.15, 0.2) is 5.82 Å². The van der Waals surface area contributed by atoms with Gasteiger partial charge in [-0.2, -0.15) is 0 Å². The molecule has 3 aromatic rings. The van der Waals surface area contributed by atoms with Crippen LogP contribution >= 0.6 is 0 Å². The van der Waals surface area contributed by atoms with E-state index in [1.54, 1.807) is 12.1 Å². The number of tetrazole rings is 1. The number of aromatic nitrogens is 4. The monoisotopic (exact) mass is 405 g/mol. The average molecular weight is 405 g/mol. The van der Waals surface area contributed by atoms with Crippen LogP contribution in [0.2, 0.25) is 0 Å². The Morgan fingerprint density at radius 3 is 2.90 bits per heavy atom. The van der Waals surface area contributed by atoms with Crippen LogP contribution in [0.25, 0.3) is 11.4 Å². The molecule has 154 valence electrons. The van der Waals surface area contributed by atoms with Gasteiger partial charge >= 0.3 is 0 Å². The zero-order valence-corrected chi connectivity index (χ0v) is 16.5. The largest absolute Gasteiger partial charge is 0.491 e. The van der Waals surface area contributed by atoms with Crippen LogP contribution in [-0.4, -0.2) is 45.4 Å². The maximum Gasteiger partial charge on any atom is 0.255 e. The molecule has 0 spiro atoms. The van der Waals surface area contributed by atoms with E-state index in [1.165, 1.54) is 0 Å². The Labute approximate surface area is 174 Å². The molecule has 1 N–H and O–H groups in total. The van der Waals surface area contributed by atoms with Gasteiger partial charge < -0.3 is 14.8 Å². The summed E-state index contributed by atoms with van der Waals surface area (Å²) in [6, 6.07) is 15.1. The molecular formula is C22H23N5O3. The lowest BCUT2D eigenvalue weighted by Gasteiger charge is -2.12. The van der Waals surface area contributed by atoms with Crippen molar-refractivity contribution in [1.29, 1.82) is 0 Å². The second-order valence-electron chi connectivity index (χ2n) is 7.69. The van der Waals surface area contributed by atoms with E-state index < -0.39 is 0 Å². The summed E-state index contributed by atoms with van der Waals surface area (Å²) in [5, 5.41) is 15.0. The van der Waals surface area contributed by atoms with E-state index in [4.69, 9.17) is 9.47 Å². The summed E-state index contributed by atoms with van der Waals surface area (Å²) in [7, 11) is 0. The van der Waals surface area contributed by atoms with E-state index >= 15 is 0 Å². The zero-order valence-electron chi connectivity index (χ0n) is 16.5. The Kier molecular flexibility index (Phi) is 5.15. The Balaban J connectivity index is 1.27. The van der Waals surface area contributed by atoms with Gasteiger partial charge in [-0.05, 0) is 66.4 Å². The second-order valence-corrected chi connectivity index (χ2v) is 7.69. The standard InChI is InChI=1S/C22H23N5O3/c28-22(16-5-2-7-19(13-16)30-14-20-8-3-11-29-20)23-17-6-1-4-15(12-17)21-24-25-26-27(21)18-9-10-18/h1-2,4-7,12-13,18,20H,3,8-11,14H2,(H,23,28). The molecule has 1 saturated carbocycles. The van der Waals surface area contributed by atoms with Gasteiger partial charge in [0, 0.05) is 23.4 Å². The molecule has 2 aliphatic rings. The third-order valence-corrected chi connectivity index (χ3v) is 5.32. The molecule has 1 aliphatic carbocycles. The highest BCUT2D eigenvalue weighted by Crippen LogP contribution is 2.36. The first-order valence-corrected chi connectivity index (χ1v) is 10.3. The van der Waals surface area contributed by atoms with Crippen molar-refractivity contribution in [2.75, 3.05) is 18.5 Å². The topological polar surface area (TPSA) is 91.2 Å². The first-order valence-electron chi connectivity index (χ1n) is 10.3. The van der Waals surface area contributed by atoms with E-state index in [9.17, 15) is 4.79 Å². The second kappa shape index (κ2) is 8.23. The number of hydrogen-bond donors (Lipinski definition) is 1. The predicted molar refractivity (Wildman–Crippen MR) is 110 cm³/mol. The molecule has 1 unspecified atom stereocenters. The molecule has 2 aromatic carbocycles. The minimum Gasteiger partial charge on any atom is -0.491 e. The SMILES string of the molecule is O=C(Nc1cccc(-c2nnnn2C2CC2)c1)c1cccc(OCC2CCCO2)c1. The van der Waals surface area contributed by atoms with Gasteiger partial charge in [-0.1, -0.05) is 18.2 Å². The van der Waals surface area contributed by atoms with Gasteiger partial charge in [0.2, 0.25) is 0 Å². The summed E-state index contributed by atoms with van der Waals surface area (Å²) in [5.41, 5.74) is 2.10. The zero-order chi connectivity index (χ0) is 20.3. The van der Waals surface area contributed by atoms with Crippen LogP contribution in [0.4, 0.5) is 5.69 Å². The fourth-order valence-corrected chi connectivity index (χ4v) is 3.58. The highest BCUT2D eigenvalue weighted by Gasteiger charge is 2.28. The molecule has 1 atom stereocenters. The van der Waals surface area contributed by atoms with E-state index in [0.29, 0.717) is 29.6 Å². The number of nitrogens with one attached hydrogen (secondary N) is 1. The molecule has 30 heavy (non-hydrogen) atoms. The Bertz CT molecular complexity index is 1040. The summed E-state index contributed by atoms with van der Waals surface area (Å²) in [6.07, 6.45) is 4.42. The summed E-state index contributed by atoms with van der Waals surface area (Å²) < 4.78 is 13.2. The number of hydrogen-bond acceptors (Lipinski definition) is 6. The first-order chi connectivity index (χ1) is 14.8. The summed E-state index contributed by atoms with van der Waals surface area (Å²) in [4.78, 5) is 12.8.